The molecule has 0 saturated carbocycles. The number of carbonyl (C=O) groups is 2. The predicted octanol–water partition coefficient (Wildman–Crippen LogP) is -1.25. The molecule has 6 aliphatic rings. The predicted molar refractivity (Wildman–Crippen MR) is 70.4 cm³/mol. The van der Waals surface area contributed by atoms with E-state index in [2.05, 4.69) is 0 Å². The highest BCUT2D eigenvalue weighted by atomic mass is 16.3. The van der Waals surface area contributed by atoms with Gasteiger partial charge in [0, 0.05) is 13.1 Å². The molecule has 4 atom stereocenters. The molecule has 0 radical (unpaired) electrons. The van der Waals surface area contributed by atoms with Crippen molar-refractivity contribution in [2.24, 2.45) is 11.8 Å². The summed E-state index contributed by atoms with van der Waals surface area (Å²) < 4.78 is 0. The second-order valence-corrected chi connectivity index (χ2v) is 5.31. The molecule has 1 saturated heterocycles. The maximum absolute atomic E-state index is 12.5. The lowest BCUT2D eigenvalue weighted by molar-refractivity contribution is -0.151. The molecule has 6 nitrogen and oxygen atoms in total. The summed E-state index contributed by atoms with van der Waals surface area (Å²) in [5.74, 6) is -0.959. The summed E-state index contributed by atoms with van der Waals surface area (Å²) in [4.78, 5) is 28.2. The van der Waals surface area contributed by atoms with Crippen LogP contribution in [0.5, 0.6) is 0 Å². The molecule has 5 heterocycles. The lowest BCUT2D eigenvalue weighted by Crippen LogP contribution is -2.63. The monoisotopic (exact) mass is 278 g/mol. The Balaban J connectivity index is 2.02. The van der Waals surface area contributed by atoms with Gasteiger partial charge in [-0.2, -0.15) is 0 Å². The molecule has 0 aromatic carbocycles. The Kier molecular flexibility index (Phi) is 3.35. The fourth-order valence-corrected chi connectivity index (χ4v) is 3.40. The number of hydrogen-bond donors (Lipinski definition) is 2. The number of hydrogen-bond acceptors (Lipinski definition) is 4. The summed E-state index contributed by atoms with van der Waals surface area (Å²) in [6.45, 7) is 0.264. The number of nitrogens with zero attached hydrogens (tertiary/aromatic N) is 2. The standard InChI is InChI=1S/C14H18N2O4/c17-7-5-15-11-3-1-9(13(15)19)12-4-2-10(11)14(20)16(12)6-8-18/h1-4,9-12,17-18H,5-8H2/t9-,10+,11-,12-/m0/s1. The van der Waals surface area contributed by atoms with Crippen molar-refractivity contribution >= 4 is 11.8 Å². The zero-order chi connectivity index (χ0) is 14.3. The molecular formula is C14H18N2O4. The lowest BCUT2D eigenvalue weighted by Gasteiger charge is -2.49. The number of aliphatic hydroxyl groups excluding tert-OH is 2. The summed E-state index contributed by atoms with van der Waals surface area (Å²) in [5.41, 5.74) is 0. The van der Waals surface area contributed by atoms with Crippen molar-refractivity contribution < 1.29 is 19.8 Å². The van der Waals surface area contributed by atoms with Crippen LogP contribution in [0.2, 0.25) is 0 Å². The molecule has 6 heteroatoms. The maximum Gasteiger partial charge on any atom is 0.232 e. The van der Waals surface area contributed by atoms with E-state index in [1.54, 1.807) is 9.80 Å². The Morgan fingerprint density at radius 3 is 1.55 bits per heavy atom. The van der Waals surface area contributed by atoms with Crippen LogP contribution in [0.1, 0.15) is 0 Å². The van der Waals surface area contributed by atoms with E-state index in [4.69, 9.17) is 10.2 Å². The fourth-order valence-electron chi connectivity index (χ4n) is 3.40. The largest absolute Gasteiger partial charge is 0.395 e. The van der Waals surface area contributed by atoms with Gasteiger partial charge < -0.3 is 20.0 Å². The molecule has 2 amide bonds. The molecule has 5 aliphatic heterocycles. The van der Waals surface area contributed by atoms with Crippen LogP contribution in [0.3, 0.4) is 0 Å². The van der Waals surface area contributed by atoms with E-state index < -0.39 is 11.8 Å². The van der Waals surface area contributed by atoms with E-state index >= 15 is 0 Å². The van der Waals surface area contributed by atoms with Crippen molar-refractivity contribution in [1.29, 1.82) is 0 Å². The zero-order valence-electron chi connectivity index (χ0n) is 11.1. The van der Waals surface area contributed by atoms with Crippen molar-refractivity contribution in [1.82, 2.24) is 9.80 Å². The smallest absolute Gasteiger partial charge is 0.232 e. The summed E-state index contributed by atoms with van der Waals surface area (Å²) in [7, 11) is 0. The van der Waals surface area contributed by atoms with Gasteiger partial charge in [0.25, 0.3) is 0 Å². The highest BCUT2D eigenvalue weighted by Gasteiger charge is 2.48. The minimum atomic E-state index is -0.425. The van der Waals surface area contributed by atoms with Crippen LogP contribution in [0.15, 0.2) is 24.3 Å². The van der Waals surface area contributed by atoms with Crippen LogP contribution in [-0.2, 0) is 9.59 Å². The number of carbonyl (C=O) groups excluding carboxylic acids is 2. The second kappa shape index (κ2) is 5.03. The van der Waals surface area contributed by atoms with Crippen molar-refractivity contribution in [2.75, 3.05) is 26.3 Å². The van der Waals surface area contributed by atoms with E-state index in [1.165, 1.54) is 0 Å². The highest BCUT2D eigenvalue weighted by Crippen LogP contribution is 2.36. The summed E-state index contributed by atoms with van der Waals surface area (Å²) in [5, 5.41) is 18.3. The molecule has 0 spiro atoms. The normalized spacial score (nSPS) is 34.9. The highest BCUT2D eigenvalue weighted by molar-refractivity contribution is 5.91. The molecule has 0 aromatic heterocycles. The van der Waals surface area contributed by atoms with E-state index in [9.17, 15) is 9.59 Å². The molecule has 4 bridgehead atoms. The second-order valence-electron chi connectivity index (χ2n) is 5.31. The van der Waals surface area contributed by atoms with Gasteiger partial charge in [0.2, 0.25) is 11.8 Å². The van der Waals surface area contributed by atoms with Gasteiger partial charge in [0.05, 0.1) is 37.1 Å². The Morgan fingerprint density at radius 1 is 0.800 bits per heavy atom. The minimum absolute atomic E-state index is 0.0543. The van der Waals surface area contributed by atoms with Gasteiger partial charge in [-0.1, -0.05) is 24.3 Å². The molecule has 0 aromatic rings. The number of rotatable bonds is 4. The van der Waals surface area contributed by atoms with Crippen LogP contribution in [0, 0.1) is 11.8 Å². The first-order chi connectivity index (χ1) is 9.69. The van der Waals surface area contributed by atoms with E-state index in [0.717, 1.165) is 0 Å². The third-order valence-corrected chi connectivity index (χ3v) is 4.31. The summed E-state index contributed by atoms with van der Waals surface area (Å²) in [6.07, 6.45) is 7.52. The van der Waals surface area contributed by atoms with Gasteiger partial charge in [-0.3, -0.25) is 9.59 Å². The zero-order valence-corrected chi connectivity index (χ0v) is 11.1. The number of aliphatic hydroxyl groups is 2. The third kappa shape index (κ3) is 1.79. The Hall–Kier alpha value is -1.66. The van der Waals surface area contributed by atoms with Crippen molar-refractivity contribution in [3.05, 3.63) is 24.3 Å². The maximum atomic E-state index is 12.5. The summed E-state index contributed by atoms with van der Waals surface area (Å²) in [6, 6.07) is -0.672. The van der Waals surface area contributed by atoms with Gasteiger partial charge in [-0.05, 0) is 0 Å². The first kappa shape index (κ1) is 13.3. The molecule has 2 N–H and O–H groups in total. The Morgan fingerprint density at radius 2 is 1.20 bits per heavy atom. The van der Waals surface area contributed by atoms with Gasteiger partial charge in [0.1, 0.15) is 0 Å². The number of amides is 2. The van der Waals surface area contributed by atoms with E-state index in [-0.39, 0.29) is 50.2 Å². The molecule has 1 fully saturated rings. The average molecular weight is 278 g/mol. The van der Waals surface area contributed by atoms with Gasteiger partial charge in [-0.25, -0.2) is 0 Å². The molecule has 0 unspecified atom stereocenters. The van der Waals surface area contributed by atoms with E-state index in [1.807, 2.05) is 24.3 Å². The van der Waals surface area contributed by atoms with Gasteiger partial charge in [0.15, 0.2) is 0 Å². The van der Waals surface area contributed by atoms with Crippen molar-refractivity contribution in [3.63, 3.8) is 0 Å². The lowest BCUT2D eigenvalue weighted by atomic mass is 9.78. The van der Waals surface area contributed by atoms with Crippen molar-refractivity contribution in [3.8, 4) is 0 Å². The van der Waals surface area contributed by atoms with E-state index in [0.29, 0.717) is 0 Å². The fraction of sp³-hybridized carbons (Fsp3) is 0.571. The quantitative estimate of drug-likeness (QED) is 0.630. The summed E-state index contributed by atoms with van der Waals surface area (Å²) >= 11 is 0. The first-order valence-corrected chi connectivity index (χ1v) is 6.88. The molecule has 108 valence electrons. The van der Waals surface area contributed by atoms with Crippen molar-refractivity contribution in [2.45, 2.75) is 12.1 Å². The third-order valence-electron chi connectivity index (χ3n) is 4.31. The molecule has 1 aliphatic carbocycles. The Labute approximate surface area is 117 Å². The van der Waals surface area contributed by atoms with Gasteiger partial charge >= 0.3 is 0 Å². The molecule has 6 rings (SSSR count). The van der Waals surface area contributed by atoms with Gasteiger partial charge in [-0.15, -0.1) is 0 Å². The first-order valence-electron chi connectivity index (χ1n) is 6.88. The topological polar surface area (TPSA) is 81.1 Å². The van der Waals surface area contributed by atoms with Crippen LogP contribution in [0.4, 0.5) is 0 Å². The molecular weight excluding hydrogens is 260 g/mol. The SMILES string of the molecule is O=C1[C@@H]2C=C[C@@H]([C@@H]3C=C[C@@H]2N(CCO)C3=O)N1CCO. The van der Waals surface area contributed by atoms with Crippen LogP contribution in [-0.4, -0.2) is 70.2 Å². The van der Waals surface area contributed by atoms with Crippen LogP contribution >= 0.6 is 0 Å². The minimum Gasteiger partial charge on any atom is -0.395 e. The average Bonchev–Trinajstić information content (AvgIpc) is 2.41. The molecule has 20 heavy (non-hydrogen) atoms. The Bertz CT molecular complexity index is 444. The van der Waals surface area contributed by atoms with Crippen LogP contribution in [0.25, 0.3) is 0 Å². The van der Waals surface area contributed by atoms with Crippen LogP contribution < -0.4 is 0 Å².